The highest BCUT2D eigenvalue weighted by atomic mass is 35.5. The van der Waals surface area contributed by atoms with E-state index in [4.69, 9.17) is 28.9 Å². The summed E-state index contributed by atoms with van der Waals surface area (Å²) in [6.45, 7) is 3.96. The van der Waals surface area contributed by atoms with Gasteiger partial charge >= 0.3 is 0 Å². The van der Waals surface area contributed by atoms with E-state index in [0.717, 1.165) is 36.6 Å². The third-order valence-corrected chi connectivity index (χ3v) is 6.39. The number of aliphatic hydroxyl groups is 1. The molecule has 0 bridgehead atoms. The van der Waals surface area contributed by atoms with Gasteiger partial charge in [-0.25, -0.2) is 15.0 Å². The molecule has 9 heteroatoms. The Balaban J connectivity index is 1.74. The first-order chi connectivity index (χ1) is 11.9. The number of aromatic nitrogens is 3. The third kappa shape index (κ3) is 4.11. The first-order valence-electron chi connectivity index (χ1n) is 7.88. The van der Waals surface area contributed by atoms with Crippen LogP contribution in [0.4, 0.5) is 11.6 Å². The van der Waals surface area contributed by atoms with Crippen molar-refractivity contribution in [3.63, 3.8) is 0 Å². The summed E-state index contributed by atoms with van der Waals surface area (Å²) in [7, 11) is 0. The SMILES string of the molecule is CC1(CO)CCN(c2cnc(Sc3ccnc(Cl)c3Cl)c(N)n2)CC1. The fraction of sp³-hybridized carbons (Fsp3) is 0.438. The molecule has 2 aromatic heterocycles. The van der Waals surface area contributed by atoms with Crippen molar-refractivity contribution >= 4 is 46.6 Å². The predicted octanol–water partition coefficient (Wildman–Crippen LogP) is 3.51. The van der Waals surface area contributed by atoms with Gasteiger partial charge in [-0.15, -0.1) is 0 Å². The van der Waals surface area contributed by atoms with Crippen molar-refractivity contribution in [2.45, 2.75) is 29.7 Å². The first-order valence-corrected chi connectivity index (χ1v) is 9.45. The molecule has 3 rings (SSSR count). The van der Waals surface area contributed by atoms with Crippen LogP contribution in [0, 0.1) is 5.41 Å². The molecule has 0 atom stereocenters. The standard InChI is InChI=1S/C16H19Cl2N5OS/c1-16(9-24)3-6-23(7-4-16)11-8-21-15(14(19)22-11)25-10-2-5-20-13(18)12(10)17/h2,5,8,24H,3-4,6-7,9H2,1H3,(H2,19,22). The van der Waals surface area contributed by atoms with Gasteiger partial charge in [0.15, 0.2) is 5.82 Å². The summed E-state index contributed by atoms with van der Waals surface area (Å²) in [4.78, 5) is 15.7. The topological polar surface area (TPSA) is 88.2 Å². The van der Waals surface area contributed by atoms with Crippen molar-refractivity contribution < 1.29 is 5.11 Å². The summed E-state index contributed by atoms with van der Waals surface area (Å²) >= 11 is 13.4. The van der Waals surface area contributed by atoms with E-state index in [2.05, 4.69) is 26.8 Å². The second kappa shape index (κ2) is 7.53. The van der Waals surface area contributed by atoms with Gasteiger partial charge in [-0.3, -0.25) is 0 Å². The normalized spacial score (nSPS) is 16.9. The molecule has 1 fully saturated rings. The van der Waals surface area contributed by atoms with Gasteiger partial charge in [-0.2, -0.15) is 0 Å². The van der Waals surface area contributed by atoms with Crippen LogP contribution in [0.1, 0.15) is 19.8 Å². The number of hydrogen-bond acceptors (Lipinski definition) is 7. The minimum absolute atomic E-state index is 0.0113. The fourth-order valence-electron chi connectivity index (χ4n) is 2.63. The van der Waals surface area contributed by atoms with Crippen molar-refractivity contribution in [3.8, 4) is 0 Å². The van der Waals surface area contributed by atoms with Gasteiger partial charge < -0.3 is 15.7 Å². The zero-order chi connectivity index (χ0) is 18.0. The Labute approximate surface area is 160 Å². The number of pyridine rings is 1. The number of nitrogen functional groups attached to an aromatic ring is 1. The summed E-state index contributed by atoms with van der Waals surface area (Å²) in [5, 5.41) is 10.7. The maximum Gasteiger partial charge on any atom is 0.158 e. The Morgan fingerprint density at radius 3 is 2.68 bits per heavy atom. The molecule has 6 nitrogen and oxygen atoms in total. The zero-order valence-electron chi connectivity index (χ0n) is 13.7. The average Bonchev–Trinajstić information content (AvgIpc) is 2.61. The lowest BCUT2D eigenvalue weighted by atomic mass is 9.81. The number of halogens is 2. The Morgan fingerprint density at radius 1 is 1.32 bits per heavy atom. The summed E-state index contributed by atoms with van der Waals surface area (Å²) in [5.41, 5.74) is 6.08. The Kier molecular flexibility index (Phi) is 5.58. The molecule has 3 N–H and O–H groups in total. The van der Waals surface area contributed by atoms with Crippen LogP contribution >= 0.6 is 35.0 Å². The molecule has 0 spiro atoms. The first kappa shape index (κ1) is 18.5. The van der Waals surface area contributed by atoms with Gasteiger partial charge in [0.25, 0.3) is 0 Å². The van der Waals surface area contributed by atoms with E-state index in [9.17, 15) is 5.11 Å². The molecule has 2 aromatic rings. The summed E-state index contributed by atoms with van der Waals surface area (Å²) in [6.07, 6.45) is 5.12. The number of anilines is 2. The molecule has 0 unspecified atom stereocenters. The van der Waals surface area contributed by atoms with Crippen molar-refractivity contribution in [2.75, 3.05) is 30.3 Å². The molecule has 25 heavy (non-hydrogen) atoms. The number of aliphatic hydroxyl groups excluding tert-OH is 1. The molecule has 0 amide bonds. The molecule has 134 valence electrons. The predicted molar refractivity (Wildman–Crippen MR) is 101 cm³/mol. The van der Waals surface area contributed by atoms with E-state index in [1.807, 2.05) is 0 Å². The summed E-state index contributed by atoms with van der Waals surface area (Å²) in [5.74, 6) is 1.10. The van der Waals surface area contributed by atoms with E-state index in [-0.39, 0.29) is 17.2 Å². The van der Waals surface area contributed by atoms with E-state index in [0.29, 0.717) is 15.9 Å². The van der Waals surface area contributed by atoms with Gasteiger partial charge in [0.2, 0.25) is 0 Å². The monoisotopic (exact) mass is 399 g/mol. The molecule has 0 aromatic carbocycles. The maximum atomic E-state index is 9.48. The quantitative estimate of drug-likeness (QED) is 0.760. The Hall–Kier alpha value is -1.28. The van der Waals surface area contributed by atoms with Crippen LogP contribution in [0.5, 0.6) is 0 Å². The molecular weight excluding hydrogens is 381 g/mol. The molecular formula is C16H19Cl2N5OS. The van der Waals surface area contributed by atoms with Crippen molar-refractivity contribution in [1.82, 2.24) is 15.0 Å². The third-order valence-electron chi connectivity index (χ3n) is 4.45. The zero-order valence-corrected chi connectivity index (χ0v) is 16.1. The number of hydrogen-bond donors (Lipinski definition) is 2. The van der Waals surface area contributed by atoms with Gasteiger partial charge in [0.1, 0.15) is 16.0 Å². The van der Waals surface area contributed by atoms with Crippen molar-refractivity contribution in [1.29, 1.82) is 0 Å². The molecule has 0 aliphatic carbocycles. The molecule has 0 saturated carbocycles. The van der Waals surface area contributed by atoms with E-state index in [1.54, 1.807) is 18.5 Å². The highest BCUT2D eigenvalue weighted by Crippen LogP contribution is 2.38. The number of nitrogens with zero attached hydrogens (tertiary/aromatic N) is 4. The van der Waals surface area contributed by atoms with Crippen LogP contribution in [-0.4, -0.2) is 39.8 Å². The van der Waals surface area contributed by atoms with E-state index < -0.39 is 0 Å². The highest BCUT2D eigenvalue weighted by Gasteiger charge is 2.30. The average molecular weight is 400 g/mol. The van der Waals surface area contributed by atoms with Crippen LogP contribution in [0.25, 0.3) is 0 Å². The molecule has 1 saturated heterocycles. The van der Waals surface area contributed by atoms with Crippen molar-refractivity contribution in [3.05, 3.63) is 28.6 Å². The van der Waals surface area contributed by atoms with Gasteiger partial charge in [0.05, 0.1) is 11.2 Å². The lowest BCUT2D eigenvalue weighted by molar-refractivity contribution is 0.114. The molecule has 0 radical (unpaired) electrons. The van der Waals surface area contributed by atoms with Crippen LogP contribution in [0.15, 0.2) is 28.4 Å². The number of nitrogens with two attached hydrogens (primary N) is 1. The maximum absolute atomic E-state index is 9.48. The number of piperidine rings is 1. The molecule has 1 aliphatic heterocycles. The Morgan fingerprint density at radius 2 is 2.04 bits per heavy atom. The van der Waals surface area contributed by atoms with Gasteiger partial charge in [0, 0.05) is 30.8 Å². The Bertz CT molecular complexity index is 768. The van der Waals surface area contributed by atoms with Crippen LogP contribution < -0.4 is 10.6 Å². The molecule has 3 heterocycles. The second-order valence-electron chi connectivity index (χ2n) is 6.39. The smallest absolute Gasteiger partial charge is 0.158 e. The van der Waals surface area contributed by atoms with E-state index in [1.165, 1.54) is 11.8 Å². The van der Waals surface area contributed by atoms with E-state index >= 15 is 0 Å². The largest absolute Gasteiger partial charge is 0.396 e. The minimum Gasteiger partial charge on any atom is -0.396 e. The van der Waals surface area contributed by atoms with Crippen LogP contribution in [0.2, 0.25) is 10.2 Å². The highest BCUT2D eigenvalue weighted by molar-refractivity contribution is 7.99. The van der Waals surface area contributed by atoms with Crippen LogP contribution in [-0.2, 0) is 0 Å². The van der Waals surface area contributed by atoms with Gasteiger partial charge in [-0.1, -0.05) is 41.9 Å². The minimum atomic E-state index is -0.0113. The lowest BCUT2D eigenvalue weighted by Crippen LogP contribution is -2.40. The van der Waals surface area contributed by atoms with Crippen LogP contribution in [0.3, 0.4) is 0 Å². The van der Waals surface area contributed by atoms with Gasteiger partial charge in [-0.05, 0) is 24.3 Å². The van der Waals surface area contributed by atoms with Crippen molar-refractivity contribution in [2.24, 2.45) is 5.41 Å². The summed E-state index contributed by atoms with van der Waals surface area (Å²) in [6, 6.07) is 1.76. The number of rotatable bonds is 4. The lowest BCUT2D eigenvalue weighted by Gasteiger charge is -2.38. The fourth-order valence-corrected chi connectivity index (χ4v) is 3.85. The summed E-state index contributed by atoms with van der Waals surface area (Å²) < 4.78 is 0. The molecule has 1 aliphatic rings. The second-order valence-corrected chi connectivity index (χ2v) is 8.16.